The molecular weight excluding hydrogens is 484 g/mol. The molecule has 4 N–H and O–H groups in total. The third-order valence-electron chi connectivity index (χ3n) is 5.51. The monoisotopic (exact) mass is 517 g/mol. The molecule has 0 aliphatic rings. The molecule has 0 saturated carbocycles. The number of rotatable bonds is 12. The van der Waals surface area contributed by atoms with Gasteiger partial charge in [0.15, 0.2) is 5.65 Å². The van der Waals surface area contributed by atoms with Gasteiger partial charge in [0.2, 0.25) is 0 Å². The number of aliphatic hydroxyl groups excluding tert-OH is 1. The average Bonchev–Trinajstić information content (AvgIpc) is 3.26. The number of fused-ring (bicyclic) bond motifs is 1. The van der Waals surface area contributed by atoms with Crippen LogP contribution < -0.4 is 15.4 Å². The molecule has 0 radical (unpaired) electrons. The highest BCUT2D eigenvalue weighted by Gasteiger charge is 2.24. The van der Waals surface area contributed by atoms with Crippen LogP contribution in [0.2, 0.25) is 0 Å². The summed E-state index contributed by atoms with van der Waals surface area (Å²) in [5.41, 5.74) is 2.01. The molecule has 200 valence electrons. The topological polar surface area (TPSA) is 128 Å². The van der Waals surface area contributed by atoms with E-state index in [1.807, 2.05) is 14.1 Å². The summed E-state index contributed by atoms with van der Waals surface area (Å²) in [6.45, 7) is 1.68. The lowest BCUT2D eigenvalue weighted by Crippen LogP contribution is -2.46. The molecule has 0 atom stereocenters. The Kier molecular flexibility index (Phi) is 9.11. The SMILES string of the molecule is CN=C(c1cnc2[nH]cc(C(=O)NC(C)(C)CO)c2n1)c1cc(OC(F)F)ccc1NCCCN(C)C. The summed E-state index contributed by atoms with van der Waals surface area (Å²) in [4.78, 5) is 31.3. The number of nitrogens with zero attached hydrogens (tertiary/aromatic N) is 4. The minimum absolute atomic E-state index is 0.0213. The molecule has 1 aromatic carbocycles. The van der Waals surface area contributed by atoms with Crippen molar-refractivity contribution in [3.8, 4) is 5.75 Å². The minimum Gasteiger partial charge on any atom is -0.435 e. The van der Waals surface area contributed by atoms with Crippen LogP contribution in [0.1, 0.15) is 41.9 Å². The molecule has 37 heavy (non-hydrogen) atoms. The Labute approximate surface area is 214 Å². The maximum atomic E-state index is 12.9. The van der Waals surface area contributed by atoms with E-state index in [1.165, 1.54) is 24.5 Å². The van der Waals surface area contributed by atoms with Gasteiger partial charge in [-0.15, -0.1) is 0 Å². The molecule has 2 heterocycles. The van der Waals surface area contributed by atoms with Crippen LogP contribution in [0, 0.1) is 0 Å². The van der Waals surface area contributed by atoms with Crippen molar-refractivity contribution < 1.29 is 23.4 Å². The fourth-order valence-electron chi connectivity index (χ4n) is 3.63. The second kappa shape index (κ2) is 12.1. The fourth-order valence-corrected chi connectivity index (χ4v) is 3.63. The van der Waals surface area contributed by atoms with Crippen molar-refractivity contribution in [2.75, 3.05) is 46.2 Å². The third-order valence-corrected chi connectivity index (χ3v) is 5.51. The van der Waals surface area contributed by atoms with Gasteiger partial charge < -0.3 is 30.4 Å². The van der Waals surface area contributed by atoms with Gasteiger partial charge in [-0.2, -0.15) is 8.78 Å². The molecule has 2 aromatic heterocycles. The molecule has 1 amide bonds. The van der Waals surface area contributed by atoms with E-state index in [-0.39, 0.29) is 17.9 Å². The molecule has 0 bridgehead atoms. The number of aliphatic imine (C=N–C) groups is 1. The highest BCUT2D eigenvalue weighted by atomic mass is 19.3. The molecule has 0 saturated heterocycles. The van der Waals surface area contributed by atoms with Crippen LogP contribution >= 0.6 is 0 Å². The van der Waals surface area contributed by atoms with E-state index in [0.717, 1.165) is 13.0 Å². The van der Waals surface area contributed by atoms with Crippen molar-refractivity contribution in [2.24, 2.45) is 4.99 Å². The van der Waals surface area contributed by atoms with Crippen LogP contribution in [-0.4, -0.2) is 89.6 Å². The van der Waals surface area contributed by atoms with Crippen LogP contribution in [0.25, 0.3) is 11.2 Å². The largest absolute Gasteiger partial charge is 0.435 e. The van der Waals surface area contributed by atoms with Crippen LogP contribution in [0.15, 0.2) is 35.6 Å². The Morgan fingerprint density at radius 3 is 2.70 bits per heavy atom. The number of anilines is 1. The molecule has 10 nitrogen and oxygen atoms in total. The van der Waals surface area contributed by atoms with Crippen LogP contribution in [0.5, 0.6) is 5.75 Å². The molecule has 12 heteroatoms. The van der Waals surface area contributed by atoms with Gasteiger partial charge in [0.1, 0.15) is 17.0 Å². The average molecular weight is 518 g/mol. The van der Waals surface area contributed by atoms with Gasteiger partial charge in [-0.25, -0.2) is 9.97 Å². The molecule has 0 aliphatic carbocycles. The number of carbonyl (C=O) groups is 1. The Morgan fingerprint density at radius 1 is 1.30 bits per heavy atom. The number of alkyl halides is 2. The summed E-state index contributed by atoms with van der Waals surface area (Å²) in [7, 11) is 5.53. The predicted molar refractivity (Wildman–Crippen MR) is 139 cm³/mol. The first-order valence-electron chi connectivity index (χ1n) is 11.8. The van der Waals surface area contributed by atoms with Crippen LogP contribution in [-0.2, 0) is 0 Å². The molecule has 0 aliphatic heterocycles. The smallest absolute Gasteiger partial charge is 0.387 e. The zero-order valence-electron chi connectivity index (χ0n) is 21.6. The number of aromatic nitrogens is 3. The zero-order chi connectivity index (χ0) is 27.2. The molecule has 0 fully saturated rings. The van der Waals surface area contributed by atoms with Gasteiger partial charge in [-0.1, -0.05) is 0 Å². The number of aromatic amines is 1. The van der Waals surface area contributed by atoms with Crippen molar-refractivity contribution in [3.63, 3.8) is 0 Å². The van der Waals surface area contributed by atoms with Crippen LogP contribution in [0.4, 0.5) is 14.5 Å². The Balaban J connectivity index is 2.01. The summed E-state index contributed by atoms with van der Waals surface area (Å²) in [6.07, 6.45) is 3.85. The standard InChI is InChI=1S/C25H33F2N7O3/c1-25(2,14-35)33-23(36)17-12-30-22-21(17)32-19(13-31-22)20(28-3)16-11-15(37-24(26)27)7-8-18(16)29-9-6-10-34(4)5/h7-8,11-13,24,29,35H,6,9-10,14H2,1-5H3,(H,30,31)(H,33,36). The normalized spacial score (nSPS) is 12.4. The number of ether oxygens (including phenoxy) is 1. The fraction of sp³-hybridized carbons (Fsp3) is 0.440. The highest BCUT2D eigenvalue weighted by molar-refractivity contribution is 6.16. The Morgan fingerprint density at radius 2 is 2.05 bits per heavy atom. The maximum Gasteiger partial charge on any atom is 0.387 e. The van der Waals surface area contributed by atoms with E-state index in [1.54, 1.807) is 27.0 Å². The van der Waals surface area contributed by atoms with Gasteiger partial charge in [-0.3, -0.25) is 9.79 Å². The summed E-state index contributed by atoms with van der Waals surface area (Å²) in [5, 5.41) is 15.6. The number of hydrogen-bond acceptors (Lipinski definition) is 8. The number of benzene rings is 1. The van der Waals surface area contributed by atoms with E-state index < -0.39 is 18.1 Å². The second-order valence-electron chi connectivity index (χ2n) is 9.39. The molecular formula is C25H33F2N7O3. The highest BCUT2D eigenvalue weighted by Crippen LogP contribution is 2.27. The van der Waals surface area contributed by atoms with Gasteiger partial charge in [0.05, 0.1) is 29.6 Å². The van der Waals surface area contributed by atoms with Crippen molar-refractivity contribution in [1.29, 1.82) is 0 Å². The Hall–Kier alpha value is -3.64. The van der Waals surface area contributed by atoms with Gasteiger partial charge in [0, 0.05) is 31.0 Å². The Bertz CT molecular complexity index is 1260. The lowest BCUT2D eigenvalue weighted by Gasteiger charge is -2.23. The molecule has 0 unspecified atom stereocenters. The lowest BCUT2D eigenvalue weighted by atomic mass is 10.0. The number of halogens is 2. The number of aliphatic hydroxyl groups is 1. The number of hydrogen-bond donors (Lipinski definition) is 4. The van der Waals surface area contributed by atoms with Gasteiger partial charge in [-0.05, 0) is 59.1 Å². The van der Waals surface area contributed by atoms with E-state index in [0.29, 0.717) is 40.4 Å². The number of carbonyl (C=O) groups excluding carboxylic acids is 1. The van der Waals surface area contributed by atoms with Crippen molar-refractivity contribution >= 4 is 28.5 Å². The maximum absolute atomic E-state index is 12.9. The number of H-pyrrole nitrogens is 1. The van der Waals surface area contributed by atoms with E-state index in [4.69, 9.17) is 0 Å². The minimum atomic E-state index is -2.98. The first-order valence-corrected chi connectivity index (χ1v) is 11.8. The molecule has 3 rings (SSSR count). The van der Waals surface area contributed by atoms with E-state index in [9.17, 15) is 18.7 Å². The molecule has 3 aromatic rings. The quantitative estimate of drug-likeness (QED) is 0.215. The molecule has 0 spiro atoms. The number of amides is 1. The van der Waals surface area contributed by atoms with Crippen molar-refractivity contribution in [2.45, 2.75) is 32.4 Å². The first-order chi connectivity index (χ1) is 17.5. The summed E-state index contributed by atoms with van der Waals surface area (Å²) in [5.74, 6) is -0.450. The van der Waals surface area contributed by atoms with E-state index in [2.05, 4.69) is 40.2 Å². The van der Waals surface area contributed by atoms with Crippen molar-refractivity contribution in [1.82, 2.24) is 25.2 Å². The van der Waals surface area contributed by atoms with Crippen LogP contribution in [0.3, 0.4) is 0 Å². The van der Waals surface area contributed by atoms with Gasteiger partial charge in [0.25, 0.3) is 5.91 Å². The van der Waals surface area contributed by atoms with Gasteiger partial charge >= 0.3 is 6.61 Å². The summed E-state index contributed by atoms with van der Waals surface area (Å²) >= 11 is 0. The second-order valence-corrected chi connectivity index (χ2v) is 9.39. The predicted octanol–water partition coefficient (Wildman–Crippen LogP) is 2.89. The van der Waals surface area contributed by atoms with Crippen molar-refractivity contribution in [3.05, 3.63) is 47.4 Å². The number of nitrogens with one attached hydrogen (secondary N) is 3. The van der Waals surface area contributed by atoms with E-state index >= 15 is 0 Å². The zero-order valence-corrected chi connectivity index (χ0v) is 21.6. The summed E-state index contributed by atoms with van der Waals surface area (Å²) in [6, 6.07) is 4.60. The lowest BCUT2D eigenvalue weighted by molar-refractivity contribution is -0.0498. The first kappa shape index (κ1) is 27.9. The summed E-state index contributed by atoms with van der Waals surface area (Å²) < 4.78 is 30.5. The third kappa shape index (κ3) is 7.20.